The van der Waals surface area contributed by atoms with Gasteiger partial charge in [0, 0.05) is 23.2 Å². The van der Waals surface area contributed by atoms with Crippen LogP contribution in [-0.2, 0) is 21.4 Å². The summed E-state index contributed by atoms with van der Waals surface area (Å²) in [4.78, 5) is 11.3. The predicted molar refractivity (Wildman–Crippen MR) is 113 cm³/mol. The fourth-order valence-electron chi connectivity index (χ4n) is 3.09. The van der Waals surface area contributed by atoms with Crippen molar-refractivity contribution in [2.45, 2.75) is 18.4 Å². The van der Waals surface area contributed by atoms with Gasteiger partial charge >= 0.3 is 5.97 Å². The molecule has 31 heavy (non-hydrogen) atoms. The Kier molecular flexibility index (Phi) is 6.74. The third-order valence-electron chi connectivity index (χ3n) is 4.61. The largest absolute Gasteiger partial charge is 0.480 e. The van der Waals surface area contributed by atoms with Crippen LogP contribution >= 0.6 is 11.6 Å². The normalized spacial score (nSPS) is 11.6. The van der Waals surface area contributed by atoms with Crippen LogP contribution in [0.2, 0.25) is 5.02 Å². The van der Waals surface area contributed by atoms with E-state index in [1.165, 1.54) is 36.4 Å². The van der Waals surface area contributed by atoms with E-state index in [1.54, 1.807) is 19.1 Å². The maximum Gasteiger partial charge on any atom is 0.318 e. The topological polar surface area (TPSA) is 74.7 Å². The Labute approximate surface area is 183 Å². The molecule has 0 aliphatic rings. The third kappa shape index (κ3) is 5.28. The lowest BCUT2D eigenvalue weighted by Gasteiger charge is -2.22. The minimum absolute atomic E-state index is 0.0380. The molecular weight excluding hydrogens is 448 g/mol. The van der Waals surface area contributed by atoms with Crippen LogP contribution in [0, 0.1) is 18.6 Å². The molecule has 0 heterocycles. The van der Waals surface area contributed by atoms with Gasteiger partial charge in [-0.25, -0.2) is 17.2 Å². The number of aliphatic carboxylic acids is 1. The van der Waals surface area contributed by atoms with Crippen molar-refractivity contribution in [1.82, 2.24) is 4.31 Å². The first-order chi connectivity index (χ1) is 14.6. The number of sulfonamides is 1. The van der Waals surface area contributed by atoms with Crippen LogP contribution in [0.1, 0.15) is 11.1 Å². The molecule has 0 saturated carbocycles. The molecule has 0 aromatic heterocycles. The number of rotatable bonds is 7. The Morgan fingerprint density at radius 1 is 1.00 bits per heavy atom. The molecule has 0 spiro atoms. The zero-order chi connectivity index (χ0) is 22.8. The quantitative estimate of drug-likeness (QED) is 0.540. The molecule has 3 rings (SSSR count). The van der Waals surface area contributed by atoms with Crippen LogP contribution in [-0.4, -0.2) is 30.3 Å². The van der Waals surface area contributed by atoms with E-state index in [1.807, 2.05) is 0 Å². The van der Waals surface area contributed by atoms with Crippen LogP contribution in [0.5, 0.6) is 0 Å². The average molecular weight is 466 g/mol. The molecule has 0 aliphatic carbocycles. The highest BCUT2D eigenvalue weighted by Gasteiger charge is 2.28. The Balaban J connectivity index is 2.09. The van der Waals surface area contributed by atoms with Crippen molar-refractivity contribution in [1.29, 1.82) is 0 Å². The van der Waals surface area contributed by atoms with E-state index >= 15 is 0 Å². The predicted octanol–water partition coefficient (Wildman–Crippen LogP) is 4.87. The number of carboxylic acids is 1. The van der Waals surface area contributed by atoms with Gasteiger partial charge in [-0.1, -0.05) is 35.4 Å². The molecule has 0 bridgehead atoms. The van der Waals surface area contributed by atoms with Crippen molar-refractivity contribution in [2.75, 3.05) is 6.54 Å². The third-order valence-corrected chi connectivity index (χ3v) is 6.65. The highest BCUT2D eigenvalue weighted by Crippen LogP contribution is 2.31. The molecule has 0 saturated heterocycles. The lowest BCUT2D eigenvalue weighted by atomic mass is 9.99. The lowest BCUT2D eigenvalue weighted by Crippen LogP contribution is -2.35. The van der Waals surface area contributed by atoms with Gasteiger partial charge in [-0.15, -0.1) is 0 Å². The molecule has 3 aromatic rings. The number of carbonyl (C=O) groups is 1. The van der Waals surface area contributed by atoms with Gasteiger partial charge in [0.15, 0.2) is 0 Å². The minimum atomic E-state index is -4.18. The van der Waals surface area contributed by atoms with Crippen molar-refractivity contribution >= 4 is 27.6 Å². The second-order valence-corrected chi connectivity index (χ2v) is 9.28. The maximum atomic E-state index is 14.4. The standard InChI is InChI=1S/C22H18ClF2NO4S/c1-14-2-6-18(7-3-14)31(29,30)26(13-22(27)28)12-15-10-16(23)4-8-19(15)20-9-5-17(24)11-21(20)25/h2-11H,12-13H2,1H3,(H,27,28). The van der Waals surface area contributed by atoms with Crippen LogP contribution < -0.4 is 0 Å². The van der Waals surface area contributed by atoms with Crippen molar-refractivity contribution in [3.8, 4) is 11.1 Å². The zero-order valence-corrected chi connectivity index (χ0v) is 17.9. The highest BCUT2D eigenvalue weighted by atomic mass is 35.5. The SMILES string of the molecule is Cc1ccc(S(=O)(=O)N(CC(=O)O)Cc2cc(Cl)ccc2-c2ccc(F)cc2F)cc1. The van der Waals surface area contributed by atoms with Gasteiger partial charge in [-0.3, -0.25) is 4.79 Å². The van der Waals surface area contributed by atoms with Gasteiger partial charge in [0.2, 0.25) is 10.0 Å². The van der Waals surface area contributed by atoms with Gasteiger partial charge in [0.05, 0.1) is 4.90 Å². The first-order valence-corrected chi connectivity index (χ1v) is 10.9. The van der Waals surface area contributed by atoms with E-state index in [0.29, 0.717) is 6.07 Å². The Bertz CT molecular complexity index is 1230. The first-order valence-electron chi connectivity index (χ1n) is 9.10. The van der Waals surface area contributed by atoms with E-state index < -0.39 is 34.2 Å². The summed E-state index contributed by atoms with van der Waals surface area (Å²) >= 11 is 6.07. The summed E-state index contributed by atoms with van der Waals surface area (Å²) in [6, 6.07) is 13.4. The second kappa shape index (κ2) is 9.13. The zero-order valence-electron chi connectivity index (χ0n) is 16.3. The van der Waals surface area contributed by atoms with Gasteiger partial charge in [-0.05, 0) is 54.4 Å². The van der Waals surface area contributed by atoms with Gasteiger partial charge in [-0.2, -0.15) is 4.31 Å². The molecule has 162 valence electrons. The van der Waals surface area contributed by atoms with Crippen LogP contribution in [0.25, 0.3) is 11.1 Å². The number of halogens is 3. The van der Waals surface area contributed by atoms with Crippen molar-refractivity contribution in [2.24, 2.45) is 0 Å². The summed E-state index contributed by atoms with van der Waals surface area (Å²) in [7, 11) is -4.18. The number of hydrogen-bond donors (Lipinski definition) is 1. The molecule has 9 heteroatoms. The summed E-state index contributed by atoms with van der Waals surface area (Å²) in [6.07, 6.45) is 0. The van der Waals surface area contributed by atoms with Gasteiger partial charge in [0.25, 0.3) is 0 Å². The highest BCUT2D eigenvalue weighted by molar-refractivity contribution is 7.89. The molecule has 0 amide bonds. The average Bonchev–Trinajstić information content (AvgIpc) is 2.68. The van der Waals surface area contributed by atoms with E-state index in [2.05, 4.69) is 0 Å². The van der Waals surface area contributed by atoms with Crippen molar-refractivity contribution in [3.05, 3.63) is 88.4 Å². The summed E-state index contributed by atoms with van der Waals surface area (Å²) in [5.41, 5.74) is 1.43. The lowest BCUT2D eigenvalue weighted by molar-refractivity contribution is -0.137. The number of benzene rings is 3. The van der Waals surface area contributed by atoms with Crippen LogP contribution in [0.15, 0.2) is 65.6 Å². The van der Waals surface area contributed by atoms with Crippen LogP contribution in [0.3, 0.4) is 0 Å². The summed E-state index contributed by atoms with van der Waals surface area (Å²) in [5.74, 6) is -2.95. The summed E-state index contributed by atoms with van der Waals surface area (Å²) in [6.45, 7) is 0.601. The fraction of sp³-hybridized carbons (Fsp3) is 0.136. The number of aryl methyl sites for hydroxylation is 1. The Morgan fingerprint density at radius 2 is 1.65 bits per heavy atom. The van der Waals surface area contributed by atoms with Gasteiger partial charge in [0.1, 0.15) is 18.2 Å². The molecule has 1 N–H and O–H groups in total. The number of nitrogens with zero attached hydrogens (tertiary/aromatic N) is 1. The molecule has 0 radical (unpaired) electrons. The van der Waals surface area contributed by atoms with E-state index in [4.69, 9.17) is 11.6 Å². The Hall–Kier alpha value is -2.81. The van der Waals surface area contributed by atoms with Crippen LogP contribution in [0.4, 0.5) is 8.78 Å². The van der Waals surface area contributed by atoms with Gasteiger partial charge < -0.3 is 5.11 Å². The molecule has 0 fully saturated rings. The Morgan fingerprint density at radius 3 is 2.26 bits per heavy atom. The first kappa shape index (κ1) is 22.9. The number of hydrogen-bond acceptors (Lipinski definition) is 3. The fourth-order valence-corrected chi connectivity index (χ4v) is 4.65. The molecule has 0 aliphatic heterocycles. The smallest absolute Gasteiger partial charge is 0.318 e. The van der Waals surface area contributed by atoms with Crippen molar-refractivity contribution < 1.29 is 27.1 Å². The van der Waals surface area contributed by atoms with E-state index in [-0.39, 0.29) is 33.2 Å². The monoisotopic (exact) mass is 465 g/mol. The summed E-state index contributed by atoms with van der Waals surface area (Å²) in [5, 5.41) is 9.55. The minimum Gasteiger partial charge on any atom is -0.480 e. The maximum absolute atomic E-state index is 14.4. The van der Waals surface area contributed by atoms with E-state index in [0.717, 1.165) is 15.9 Å². The van der Waals surface area contributed by atoms with E-state index in [9.17, 15) is 27.1 Å². The molecule has 0 unspecified atom stereocenters. The molecule has 0 atom stereocenters. The summed E-state index contributed by atoms with van der Waals surface area (Å²) < 4.78 is 54.8. The molecular formula is C22H18ClF2NO4S. The molecule has 3 aromatic carbocycles. The van der Waals surface area contributed by atoms with Crippen molar-refractivity contribution in [3.63, 3.8) is 0 Å². The second-order valence-electron chi connectivity index (χ2n) is 6.91. The number of carboxylic acid groups (broad SMARTS) is 1. The molecule has 5 nitrogen and oxygen atoms in total.